The maximum Gasteiger partial charge on any atom is 0.178 e. The van der Waals surface area contributed by atoms with E-state index in [4.69, 9.17) is 4.74 Å². The van der Waals surface area contributed by atoms with E-state index in [1.165, 1.54) is 16.9 Å². The molecule has 2 aromatic heterocycles. The number of carbonyl (C=O) groups excluding carboxylic acids is 1. The molecule has 0 N–H and O–H groups in total. The van der Waals surface area contributed by atoms with Gasteiger partial charge in [-0.15, -0.1) is 11.3 Å². The van der Waals surface area contributed by atoms with Crippen LogP contribution in [0, 0.1) is 0 Å². The number of nitrogens with zero attached hydrogens (tertiary/aromatic N) is 3. The van der Waals surface area contributed by atoms with Crippen LogP contribution in [0.2, 0.25) is 0 Å². The molecule has 2 heterocycles. The second kappa shape index (κ2) is 10.8. The fraction of sp³-hybridized carbons (Fsp3) is 0.192. The van der Waals surface area contributed by atoms with Gasteiger partial charge in [-0.25, -0.2) is 4.98 Å². The van der Waals surface area contributed by atoms with E-state index in [0.717, 1.165) is 35.0 Å². The quantitative estimate of drug-likeness (QED) is 0.302. The third-order valence-electron chi connectivity index (χ3n) is 4.98. The van der Waals surface area contributed by atoms with Crippen molar-refractivity contribution in [3.63, 3.8) is 0 Å². The fourth-order valence-electron chi connectivity index (χ4n) is 3.34. The molecule has 6 heteroatoms. The Morgan fingerprint density at radius 2 is 1.66 bits per heavy atom. The van der Waals surface area contributed by atoms with E-state index in [-0.39, 0.29) is 5.78 Å². The number of aromatic nitrogens is 2. The van der Waals surface area contributed by atoms with Crippen molar-refractivity contribution in [2.45, 2.75) is 33.2 Å². The summed E-state index contributed by atoms with van der Waals surface area (Å²) in [6.07, 6.45) is 3.67. The van der Waals surface area contributed by atoms with Gasteiger partial charge >= 0.3 is 0 Å². The van der Waals surface area contributed by atoms with Crippen LogP contribution in [-0.4, -0.2) is 20.7 Å². The molecule has 0 amide bonds. The lowest BCUT2D eigenvalue weighted by Gasteiger charge is -2.21. The molecule has 0 bridgehead atoms. The molecule has 0 fully saturated rings. The van der Waals surface area contributed by atoms with Crippen molar-refractivity contribution in [2.24, 2.45) is 0 Å². The van der Waals surface area contributed by atoms with Crippen LogP contribution in [0.25, 0.3) is 0 Å². The van der Waals surface area contributed by atoms with Crippen molar-refractivity contribution in [2.75, 3.05) is 0 Å². The minimum atomic E-state index is -0.00241. The van der Waals surface area contributed by atoms with Gasteiger partial charge in [-0.05, 0) is 34.9 Å². The zero-order valence-corrected chi connectivity index (χ0v) is 18.8. The number of rotatable bonds is 10. The molecular weight excluding hydrogens is 418 g/mol. The fourth-order valence-corrected chi connectivity index (χ4v) is 4.22. The van der Waals surface area contributed by atoms with Gasteiger partial charge in [0.15, 0.2) is 5.78 Å². The molecule has 0 spiro atoms. The van der Waals surface area contributed by atoms with Crippen molar-refractivity contribution >= 4 is 17.1 Å². The smallest absolute Gasteiger partial charge is 0.178 e. The Morgan fingerprint density at radius 3 is 2.34 bits per heavy atom. The Bertz CT molecular complexity index is 1130. The van der Waals surface area contributed by atoms with E-state index in [0.29, 0.717) is 18.8 Å². The van der Waals surface area contributed by atoms with E-state index in [9.17, 15) is 4.79 Å². The van der Waals surface area contributed by atoms with Gasteiger partial charge in [-0.3, -0.25) is 14.7 Å². The largest absolute Gasteiger partial charge is 0.489 e. The highest BCUT2D eigenvalue weighted by Gasteiger charge is 2.13. The third kappa shape index (κ3) is 6.33. The lowest BCUT2D eigenvalue weighted by atomic mass is 10.2. The average molecular weight is 444 g/mol. The number of pyridine rings is 1. The predicted octanol–water partition coefficient (Wildman–Crippen LogP) is 5.52. The van der Waals surface area contributed by atoms with Gasteiger partial charge < -0.3 is 4.74 Å². The van der Waals surface area contributed by atoms with E-state index in [1.807, 2.05) is 48.0 Å². The van der Waals surface area contributed by atoms with Gasteiger partial charge in [0.05, 0.1) is 6.54 Å². The molecule has 0 saturated carbocycles. The number of benzene rings is 2. The van der Waals surface area contributed by atoms with Crippen LogP contribution in [0.3, 0.4) is 0 Å². The highest BCUT2D eigenvalue weighted by atomic mass is 32.1. The van der Waals surface area contributed by atoms with E-state index < -0.39 is 0 Å². The van der Waals surface area contributed by atoms with Crippen LogP contribution in [0.15, 0.2) is 84.5 Å². The number of hydrogen-bond acceptors (Lipinski definition) is 6. The highest BCUT2D eigenvalue weighted by molar-refractivity contribution is 7.09. The van der Waals surface area contributed by atoms with Crippen molar-refractivity contribution in [3.05, 3.63) is 112 Å². The molecule has 0 aliphatic carbocycles. The SMILES string of the molecule is CC(=O)c1csc(CN(Cc2ccc(OCc3ccccc3)cc2)Cc2cccnc2)n1. The third-order valence-corrected chi connectivity index (χ3v) is 5.81. The Labute approximate surface area is 192 Å². The van der Waals surface area contributed by atoms with Crippen LogP contribution in [0.1, 0.15) is 39.1 Å². The first kappa shape index (κ1) is 21.9. The van der Waals surface area contributed by atoms with Crippen LogP contribution in [0.4, 0.5) is 0 Å². The number of ketones is 1. The molecular formula is C26H25N3O2S. The lowest BCUT2D eigenvalue weighted by Crippen LogP contribution is -2.22. The normalized spacial score (nSPS) is 10.9. The summed E-state index contributed by atoms with van der Waals surface area (Å²) in [5, 5.41) is 2.76. The molecule has 0 unspecified atom stereocenters. The zero-order valence-electron chi connectivity index (χ0n) is 18.0. The first-order valence-electron chi connectivity index (χ1n) is 10.5. The van der Waals surface area contributed by atoms with Gasteiger partial charge in [0, 0.05) is 37.8 Å². The summed E-state index contributed by atoms with van der Waals surface area (Å²) in [6.45, 7) is 4.26. The van der Waals surface area contributed by atoms with Gasteiger partial charge in [-0.1, -0.05) is 48.5 Å². The van der Waals surface area contributed by atoms with Crippen LogP contribution >= 0.6 is 11.3 Å². The predicted molar refractivity (Wildman–Crippen MR) is 127 cm³/mol. The number of thiazole rings is 1. The molecule has 0 atom stereocenters. The summed E-state index contributed by atoms with van der Waals surface area (Å²) in [7, 11) is 0. The Balaban J connectivity index is 1.42. The highest BCUT2D eigenvalue weighted by Crippen LogP contribution is 2.19. The van der Waals surface area contributed by atoms with Crippen LogP contribution in [0.5, 0.6) is 5.75 Å². The topological polar surface area (TPSA) is 55.3 Å². The minimum absolute atomic E-state index is 0.00241. The monoisotopic (exact) mass is 443 g/mol. The number of ether oxygens (including phenoxy) is 1. The van der Waals surface area contributed by atoms with Gasteiger partial charge in [-0.2, -0.15) is 0 Å². The summed E-state index contributed by atoms with van der Waals surface area (Å²) in [5.41, 5.74) is 4.00. The Hall–Kier alpha value is -3.35. The number of hydrogen-bond donors (Lipinski definition) is 0. The Morgan fingerprint density at radius 1 is 0.906 bits per heavy atom. The first-order valence-corrected chi connectivity index (χ1v) is 11.4. The molecule has 4 rings (SSSR count). The standard InChI is InChI=1S/C26H25N3O2S/c1-20(30)25-19-32-26(28-25)17-29(16-23-8-5-13-27-14-23)15-21-9-11-24(12-10-21)31-18-22-6-3-2-4-7-22/h2-14,19H,15-18H2,1H3. The van der Waals surface area contributed by atoms with E-state index >= 15 is 0 Å². The molecule has 2 aromatic carbocycles. The lowest BCUT2D eigenvalue weighted by molar-refractivity contribution is 0.101. The summed E-state index contributed by atoms with van der Waals surface area (Å²) < 4.78 is 5.91. The van der Waals surface area contributed by atoms with Crippen molar-refractivity contribution < 1.29 is 9.53 Å². The maximum absolute atomic E-state index is 11.6. The summed E-state index contributed by atoms with van der Waals surface area (Å²) in [5.74, 6) is 0.847. The second-order valence-corrected chi connectivity index (χ2v) is 8.55. The molecule has 0 aliphatic rings. The number of Topliss-reactive ketones (excluding diaryl/α,β-unsaturated/α-hetero) is 1. The van der Waals surface area contributed by atoms with E-state index in [2.05, 4.69) is 45.2 Å². The summed E-state index contributed by atoms with van der Waals surface area (Å²) >= 11 is 1.53. The van der Waals surface area contributed by atoms with Crippen molar-refractivity contribution in [3.8, 4) is 5.75 Å². The number of carbonyl (C=O) groups is 1. The average Bonchev–Trinajstić information content (AvgIpc) is 3.29. The first-order chi connectivity index (χ1) is 15.7. The molecule has 5 nitrogen and oxygen atoms in total. The van der Waals surface area contributed by atoms with Crippen molar-refractivity contribution in [1.82, 2.24) is 14.9 Å². The zero-order chi connectivity index (χ0) is 22.2. The van der Waals surface area contributed by atoms with Gasteiger partial charge in [0.2, 0.25) is 0 Å². The molecule has 0 radical (unpaired) electrons. The molecule has 0 saturated heterocycles. The van der Waals surface area contributed by atoms with Gasteiger partial charge in [0.1, 0.15) is 23.1 Å². The summed E-state index contributed by atoms with van der Waals surface area (Å²) in [4.78, 5) is 22.6. The van der Waals surface area contributed by atoms with Crippen LogP contribution in [-0.2, 0) is 26.2 Å². The molecule has 32 heavy (non-hydrogen) atoms. The molecule has 4 aromatic rings. The summed E-state index contributed by atoms with van der Waals surface area (Å²) in [6, 6.07) is 22.4. The van der Waals surface area contributed by atoms with Gasteiger partial charge in [0.25, 0.3) is 0 Å². The molecule has 162 valence electrons. The maximum atomic E-state index is 11.6. The molecule has 0 aliphatic heterocycles. The van der Waals surface area contributed by atoms with E-state index in [1.54, 1.807) is 13.1 Å². The Kier molecular flexibility index (Phi) is 7.38. The van der Waals surface area contributed by atoms with Crippen molar-refractivity contribution in [1.29, 1.82) is 0 Å². The second-order valence-electron chi connectivity index (χ2n) is 7.61. The minimum Gasteiger partial charge on any atom is -0.489 e. The van der Waals surface area contributed by atoms with Crippen LogP contribution < -0.4 is 4.74 Å².